The molecule has 0 amide bonds. The molecule has 5 heteroatoms. The van der Waals surface area contributed by atoms with E-state index in [-0.39, 0.29) is 0 Å². The van der Waals surface area contributed by atoms with Gasteiger partial charge in [-0.15, -0.1) is 0 Å². The molecule has 0 spiro atoms. The molecule has 5 nitrogen and oxygen atoms in total. The van der Waals surface area contributed by atoms with Crippen LogP contribution in [0, 0.1) is 0 Å². The molecule has 3 aromatic rings. The van der Waals surface area contributed by atoms with E-state index in [2.05, 4.69) is 45.0 Å². The smallest absolute Gasteiger partial charge is 0.191 e. The van der Waals surface area contributed by atoms with Gasteiger partial charge in [-0.05, 0) is 30.2 Å². The molecule has 0 aliphatic heterocycles. The van der Waals surface area contributed by atoms with E-state index < -0.39 is 0 Å². The Labute approximate surface area is 148 Å². The van der Waals surface area contributed by atoms with Crippen LogP contribution in [0.3, 0.4) is 0 Å². The maximum Gasteiger partial charge on any atom is 0.191 e. The summed E-state index contributed by atoms with van der Waals surface area (Å²) in [5, 5.41) is 7.88. The molecular formula is C20H24N4O. The molecule has 1 aromatic heterocycles. The van der Waals surface area contributed by atoms with Gasteiger partial charge in [0.25, 0.3) is 0 Å². The van der Waals surface area contributed by atoms with Gasteiger partial charge in [-0.3, -0.25) is 4.99 Å². The second-order valence-corrected chi connectivity index (χ2v) is 5.70. The molecule has 3 N–H and O–H groups in total. The minimum Gasteiger partial charge on any atom is -0.492 e. The van der Waals surface area contributed by atoms with E-state index in [4.69, 9.17) is 4.74 Å². The van der Waals surface area contributed by atoms with Crippen LogP contribution in [0.2, 0.25) is 0 Å². The third-order valence-electron chi connectivity index (χ3n) is 3.99. The monoisotopic (exact) mass is 336 g/mol. The molecule has 0 saturated carbocycles. The molecule has 0 atom stereocenters. The Morgan fingerprint density at radius 2 is 1.76 bits per heavy atom. The molecule has 0 bridgehead atoms. The largest absolute Gasteiger partial charge is 0.492 e. The zero-order valence-electron chi connectivity index (χ0n) is 14.5. The Kier molecular flexibility index (Phi) is 5.93. The van der Waals surface area contributed by atoms with E-state index in [1.807, 2.05) is 36.4 Å². The minimum atomic E-state index is 0.590. The zero-order chi connectivity index (χ0) is 17.3. The first kappa shape index (κ1) is 16.9. The minimum absolute atomic E-state index is 0.590. The van der Waals surface area contributed by atoms with Crippen molar-refractivity contribution in [2.24, 2.45) is 4.99 Å². The van der Waals surface area contributed by atoms with Crippen LogP contribution in [0.5, 0.6) is 5.75 Å². The Morgan fingerprint density at radius 1 is 1.00 bits per heavy atom. The number of guanidine groups is 1. The number of nitrogens with zero attached hydrogens (tertiary/aromatic N) is 1. The lowest BCUT2D eigenvalue weighted by Gasteiger charge is -2.12. The molecule has 25 heavy (non-hydrogen) atoms. The first-order chi connectivity index (χ1) is 12.4. The number of hydrogen-bond acceptors (Lipinski definition) is 2. The van der Waals surface area contributed by atoms with Crippen molar-refractivity contribution in [2.45, 2.75) is 6.42 Å². The zero-order valence-corrected chi connectivity index (χ0v) is 14.5. The van der Waals surface area contributed by atoms with Crippen molar-refractivity contribution in [3.8, 4) is 5.75 Å². The van der Waals surface area contributed by atoms with Crippen LogP contribution in [-0.4, -0.2) is 37.7 Å². The SMILES string of the molecule is CN=C(NCCOc1ccccc1)NCCc1c[nH]c2ccccc12. The third kappa shape index (κ3) is 4.76. The van der Waals surface area contributed by atoms with Gasteiger partial charge in [-0.25, -0.2) is 0 Å². The normalized spacial score (nSPS) is 11.5. The van der Waals surface area contributed by atoms with Crippen LogP contribution >= 0.6 is 0 Å². The van der Waals surface area contributed by atoms with Crippen molar-refractivity contribution >= 4 is 16.9 Å². The summed E-state index contributed by atoms with van der Waals surface area (Å²) in [4.78, 5) is 7.55. The Hall–Kier alpha value is -2.95. The lowest BCUT2D eigenvalue weighted by molar-refractivity contribution is 0.322. The van der Waals surface area contributed by atoms with Crippen LogP contribution in [0.15, 0.2) is 65.8 Å². The van der Waals surface area contributed by atoms with Crippen LogP contribution in [0.1, 0.15) is 5.56 Å². The summed E-state index contributed by atoms with van der Waals surface area (Å²) in [6.07, 6.45) is 3.02. The molecule has 3 rings (SSSR count). The molecule has 0 radical (unpaired) electrons. The van der Waals surface area contributed by atoms with Crippen LogP contribution in [0.4, 0.5) is 0 Å². The first-order valence-electron chi connectivity index (χ1n) is 8.54. The summed E-state index contributed by atoms with van der Waals surface area (Å²) in [6.45, 7) is 2.11. The molecule has 0 aliphatic rings. The van der Waals surface area contributed by atoms with E-state index >= 15 is 0 Å². The Morgan fingerprint density at radius 3 is 2.60 bits per heavy atom. The van der Waals surface area contributed by atoms with Gasteiger partial charge in [0.1, 0.15) is 12.4 Å². The second kappa shape index (κ2) is 8.78. The number of aromatic amines is 1. The number of rotatable bonds is 7. The lowest BCUT2D eigenvalue weighted by Crippen LogP contribution is -2.40. The van der Waals surface area contributed by atoms with Crippen molar-refractivity contribution < 1.29 is 4.74 Å². The lowest BCUT2D eigenvalue weighted by atomic mass is 10.1. The number of aromatic nitrogens is 1. The highest BCUT2D eigenvalue weighted by atomic mass is 16.5. The Balaban J connectivity index is 1.39. The standard InChI is InChI=1S/C20H24N4O/c1-21-20(23-13-14-25-17-7-3-2-4-8-17)22-12-11-16-15-24-19-10-6-5-9-18(16)19/h2-10,15,24H,11-14H2,1H3,(H2,21,22,23). The van der Waals surface area contributed by atoms with Gasteiger partial charge in [-0.1, -0.05) is 36.4 Å². The number of fused-ring (bicyclic) bond motifs is 1. The molecule has 0 aliphatic carbocycles. The van der Waals surface area contributed by atoms with E-state index in [0.717, 1.165) is 24.7 Å². The number of ether oxygens (including phenoxy) is 1. The topological polar surface area (TPSA) is 61.4 Å². The predicted octanol–water partition coefficient (Wildman–Crippen LogP) is 2.95. The third-order valence-corrected chi connectivity index (χ3v) is 3.99. The van der Waals surface area contributed by atoms with Crippen molar-refractivity contribution in [3.63, 3.8) is 0 Å². The molecular weight excluding hydrogens is 312 g/mol. The van der Waals surface area contributed by atoms with E-state index in [1.54, 1.807) is 7.05 Å². The summed E-state index contributed by atoms with van der Waals surface area (Å²) in [5.74, 6) is 1.67. The molecule has 1 heterocycles. The van der Waals surface area contributed by atoms with E-state index in [0.29, 0.717) is 13.2 Å². The predicted molar refractivity (Wildman–Crippen MR) is 103 cm³/mol. The van der Waals surface area contributed by atoms with Gasteiger partial charge >= 0.3 is 0 Å². The van der Waals surface area contributed by atoms with Gasteiger partial charge in [-0.2, -0.15) is 0 Å². The summed E-state index contributed by atoms with van der Waals surface area (Å²) in [6, 6.07) is 18.2. The van der Waals surface area contributed by atoms with Gasteiger partial charge in [0.15, 0.2) is 5.96 Å². The fraction of sp³-hybridized carbons (Fsp3) is 0.250. The highest BCUT2D eigenvalue weighted by Crippen LogP contribution is 2.17. The molecule has 0 saturated heterocycles. The average molecular weight is 336 g/mol. The summed E-state index contributed by atoms with van der Waals surface area (Å²) < 4.78 is 5.66. The molecule has 0 fully saturated rings. The highest BCUT2D eigenvalue weighted by molar-refractivity contribution is 5.83. The van der Waals surface area contributed by atoms with Gasteiger partial charge in [0.2, 0.25) is 0 Å². The van der Waals surface area contributed by atoms with Crippen molar-refractivity contribution in [1.29, 1.82) is 0 Å². The number of para-hydroxylation sites is 2. The van der Waals surface area contributed by atoms with Gasteiger partial charge in [0.05, 0.1) is 6.54 Å². The van der Waals surface area contributed by atoms with Crippen molar-refractivity contribution in [3.05, 3.63) is 66.4 Å². The van der Waals surface area contributed by atoms with Crippen LogP contribution in [-0.2, 0) is 6.42 Å². The summed E-state index contributed by atoms with van der Waals surface area (Å²) >= 11 is 0. The quantitative estimate of drug-likeness (QED) is 0.353. The van der Waals surface area contributed by atoms with E-state index in [9.17, 15) is 0 Å². The number of aliphatic imine (C=N–C) groups is 1. The molecule has 130 valence electrons. The summed E-state index contributed by atoms with van der Waals surface area (Å²) in [5.41, 5.74) is 2.49. The summed E-state index contributed by atoms with van der Waals surface area (Å²) in [7, 11) is 1.78. The number of H-pyrrole nitrogens is 1. The van der Waals surface area contributed by atoms with Crippen LogP contribution < -0.4 is 15.4 Å². The van der Waals surface area contributed by atoms with Crippen molar-refractivity contribution in [2.75, 3.05) is 26.7 Å². The number of nitrogens with one attached hydrogen (secondary N) is 3. The van der Waals surface area contributed by atoms with Gasteiger partial charge < -0.3 is 20.4 Å². The Bertz CT molecular complexity index is 811. The fourth-order valence-corrected chi connectivity index (χ4v) is 2.73. The van der Waals surface area contributed by atoms with Gasteiger partial charge in [0, 0.05) is 30.7 Å². The average Bonchev–Trinajstić information content (AvgIpc) is 3.08. The first-order valence-corrected chi connectivity index (χ1v) is 8.54. The second-order valence-electron chi connectivity index (χ2n) is 5.70. The molecule has 2 aromatic carbocycles. The number of hydrogen-bond donors (Lipinski definition) is 3. The number of benzene rings is 2. The van der Waals surface area contributed by atoms with Crippen molar-refractivity contribution in [1.82, 2.24) is 15.6 Å². The fourth-order valence-electron chi connectivity index (χ4n) is 2.73. The van der Waals surface area contributed by atoms with E-state index in [1.165, 1.54) is 16.5 Å². The van der Waals surface area contributed by atoms with Crippen LogP contribution in [0.25, 0.3) is 10.9 Å². The molecule has 0 unspecified atom stereocenters. The maximum absolute atomic E-state index is 5.66. The highest BCUT2D eigenvalue weighted by Gasteiger charge is 2.03. The maximum atomic E-state index is 5.66.